The Morgan fingerprint density at radius 2 is 1.79 bits per heavy atom. The number of morpholine rings is 1. The summed E-state index contributed by atoms with van der Waals surface area (Å²) in [6.45, 7) is 3.56. The fraction of sp³-hybridized carbons (Fsp3) is 0.333. The van der Waals surface area contributed by atoms with Crippen molar-refractivity contribution in [3.05, 3.63) is 41.5 Å². The maximum absolute atomic E-state index is 12.3. The highest BCUT2D eigenvalue weighted by Gasteiger charge is 2.23. The van der Waals surface area contributed by atoms with Gasteiger partial charge in [-0.25, -0.2) is 0 Å². The second-order valence-electron chi connectivity index (χ2n) is 4.43. The molecule has 100 valence electrons. The fourth-order valence-electron chi connectivity index (χ4n) is 1.97. The van der Waals surface area contributed by atoms with E-state index in [1.807, 2.05) is 30.3 Å². The Balaban J connectivity index is 2.22. The molecule has 1 aliphatic rings. The predicted octanol–water partition coefficient (Wildman–Crippen LogP) is 1.52. The molecule has 0 saturated carbocycles. The number of amides is 1. The normalized spacial score (nSPS) is 16.3. The van der Waals surface area contributed by atoms with Gasteiger partial charge in [0.05, 0.1) is 18.8 Å². The Morgan fingerprint density at radius 1 is 1.16 bits per heavy atom. The molecule has 4 nitrogen and oxygen atoms in total. The van der Waals surface area contributed by atoms with Crippen molar-refractivity contribution in [2.24, 2.45) is 0 Å². The Labute approximate surface area is 112 Å². The van der Waals surface area contributed by atoms with E-state index >= 15 is 0 Å². The topological polar surface area (TPSA) is 46.6 Å². The van der Waals surface area contributed by atoms with E-state index in [1.54, 1.807) is 11.0 Å². The lowest BCUT2D eigenvalue weighted by atomic mass is 10.1. The number of carbonyl (C=O) groups is 2. The lowest BCUT2D eigenvalue weighted by molar-refractivity contribution is -0.132. The Bertz CT molecular complexity index is 487. The molecule has 0 radical (unpaired) electrons. The molecule has 2 rings (SSSR count). The number of ether oxygens (including phenoxy) is 1. The van der Waals surface area contributed by atoms with Crippen LogP contribution in [0.5, 0.6) is 0 Å². The lowest BCUT2D eigenvalue weighted by Crippen LogP contribution is -2.42. The second kappa shape index (κ2) is 6.29. The van der Waals surface area contributed by atoms with Crippen molar-refractivity contribution in [1.82, 2.24) is 4.90 Å². The monoisotopic (exact) mass is 259 g/mol. The zero-order valence-corrected chi connectivity index (χ0v) is 11.0. The van der Waals surface area contributed by atoms with Gasteiger partial charge in [-0.05, 0) is 18.6 Å². The summed E-state index contributed by atoms with van der Waals surface area (Å²) >= 11 is 0. The Kier molecular flexibility index (Phi) is 4.47. The van der Waals surface area contributed by atoms with E-state index in [-0.39, 0.29) is 17.3 Å². The van der Waals surface area contributed by atoms with Gasteiger partial charge in [0, 0.05) is 13.1 Å². The molecule has 0 atom stereocenters. The molecule has 1 amide bonds. The molecule has 1 fully saturated rings. The number of benzene rings is 1. The van der Waals surface area contributed by atoms with Gasteiger partial charge < -0.3 is 9.64 Å². The van der Waals surface area contributed by atoms with Crippen molar-refractivity contribution >= 4 is 17.8 Å². The average Bonchev–Trinajstić information content (AvgIpc) is 2.46. The summed E-state index contributed by atoms with van der Waals surface area (Å²) in [5.41, 5.74) is 1.09. The number of Topliss-reactive ketones (excluding diaryl/α,β-unsaturated/α-hetero) is 1. The van der Waals surface area contributed by atoms with Crippen LogP contribution < -0.4 is 0 Å². The van der Waals surface area contributed by atoms with Crippen LogP contribution in [0.25, 0.3) is 6.08 Å². The summed E-state index contributed by atoms with van der Waals surface area (Å²) in [6.07, 6.45) is 1.65. The molecule has 1 aromatic carbocycles. The first-order chi connectivity index (χ1) is 9.18. The van der Waals surface area contributed by atoms with Crippen molar-refractivity contribution in [2.75, 3.05) is 26.3 Å². The third-order valence-corrected chi connectivity index (χ3v) is 3.02. The van der Waals surface area contributed by atoms with Gasteiger partial charge in [0.15, 0.2) is 5.78 Å². The lowest BCUT2D eigenvalue weighted by Gasteiger charge is -2.27. The van der Waals surface area contributed by atoms with Gasteiger partial charge in [0.2, 0.25) is 0 Å². The van der Waals surface area contributed by atoms with Gasteiger partial charge in [0.25, 0.3) is 5.91 Å². The molecule has 0 aliphatic carbocycles. The first-order valence-electron chi connectivity index (χ1n) is 6.33. The van der Waals surface area contributed by atoms with E-state index < -0.39 is 0 Å². The zero-order valence-electron chi connectivity index (χ0n) is 11.0. The van der Waals surface area contributed by atoms with E-state index in [2.05, 4.69) is 0 Å². The fourth-order valence-corrected chi connectivity index (χ4v) is 1.97. The van der Waals surface area contributed by atoms with Crippen molar-refractivity contribution < 1.29 is 14.3 Å². The van der Waals surface area contributed by atoms with Gasteiger partial charge >= 0.3 is 0 Å². The summed E-state index contributed by atoms with van der Waals surface area (Å²) in [5.74, 6) is -0.417. The van der Waals surface area contributed by atoms with Crippen LogP contribution in [0, 0.1) is 0 Å². The number of carbonyl (C=O) groups excluding carboxylic acids is 2. The van der Waals surface area contributed by atoms with Crippen molar-refractivity contribution in [1.29, 1.82) is 0 Å². The number of nitrogens with zero attached hydrogens (tertiary/aromatic N) is 1. The maximum Gasteiger partial charge on any atom is 0.257 e. The molecule has 19 heavy (non-hydrogen) atoms. The second-order valence-corrected chi connectivity index (χ2v) is 4.43. The quantitative estimate of drug-likeness (QED) is 0.470. The third-order valence-electron chi connectivity index (χ3n) is 3.02. The van der Waals surface area contributed by atoms with E-state index in [1.165, 1.54) is 6.92 Å². The summed E-state index contributed by atoms with van der Waals surface area (Å²) in [4.78, 5) is 25.7. The van der Waals surface area contributed by atoms with E-state index in [4.69, 9.17) is 4.74 Å². The third kappa shape index (κ3) is 3.51. The van der Waals surface area contributed by atoms with Crippen LogP contribution in [0.15, 0.2) is 35.9 Å². The van der Waals surface area contributed by atoms with E-state index in [0.29, 0.717) is 26.3 Å². The standard InChI is InChI=1S/C15H17NO3/c1-12(17)14(11-13-5-3-2-4-6-13)15(18)16-7-9-19-10-8-16/h2-6,11H,7-10H2,1H3/b14-11+. The van der Waals surface area contributed by atoms with Crippen LogP contribution in [0.3, 0.4) is 0 Å². The van der Waals surface area contributed by atoms with Crippen LogP contribution >= 0.6 is 0 Å². The Morgan fingerprint density at radius 3 is 2.37 bits per heavy atom. The van der Waals surface area contributed by atoms with Gasteiger partial charge in [-0.15, -0.1) is 0 Å². The summed E-state index contributed by atoms with van der Waals surface area (Å²) in [6, 6.07) is 9.39. The molecule has 4 heteroatoms. The van der Waals surface area contributed by atoms with Crippen LogP contribution in [-0.4, -0.2) is 42.9 Å². The van der Waals surface area contributed by atoms with Crippen molar-refractivity contribution in [3.63, 3.8) is 0 Å². The molecule has 0 N–H and O–H groups in total. The molecule has 1 saturated heterocycles. The van der Waals surface area contributed by atoms with Gasteiger partial charge in [0.1, 0.15) is 0 Å². The minimum atomic E-state index is -0.209. The highest BCUT2D eigenvalue weighted by atomic mass is 16.5. The van der Waals surface area contributed by atoms with Gasteiger partial charge in [-0.3, -0.25) is 9.59 Å². The summed E-state index contributed by atoms with van der Waals surface area (Å²) < 4.78 is 5.21. The number of rotatable bonds is 3. The zero-order chi connectivity index (χ0) is 13.7. The molecule has 0 unspecified atom stereocenters. The first kappa shape index (κ1) is 13.5. The van der Waals surface area contributed by atoms with Crippen LogP contribution in [0.4, 0.5) is 0 Å². The highest BCUT2D eigenvalue weighted by Crippen LogP contribution is 2.12. The number of ketones is 1. The molecule has 1 aromatic rings. The molecule has 0 aromatic heterocycles. The van der Waals surface area contributed by atoms with E-state index in [0.717, 1.165) is 5.56 Å². The average molecular weight is 259 g/mol. The van der Waals surface area contributed by atoms with Crippen molar-refractivity contribution in [3.8, 4) is 0 Å². The number of hydrogen-bond acceptors (Lipinski definition) is 3. The largest absolute Gasteiger partial charge is 0.378 e. The molecule has 1 heterocycles. The van der Waals surface area contributed by atoms with Crippen LogP contribution in [-0.2, 0) is 14.3 Å². The summed E-state index contributed by atoms with van der Waals surface area (Å²) in [7, 11) is 0. The van der Waals surface area contributed by atoms with Gasteiger partial charge in [-0.2, -0.15) is 0 Å². The first-order valence-corrected chi connectivity index (χ1v) is 6.33. The molecule has 0 bridgehead atoms. The molecular formula is C15H17NO3. The summed E-state index contributed by atoms with van der Waals surface area (Å²) in [5, 5.41) is 0. The number of hydrogen-bond donors (Lipinski definition) is 0. The molecular weight excluding hydrogens is 242 g/mol. The minimum Gasteiger partial charge on any atom is -0.378 e. The van der Waals surface area contributed by atoms with E-state index in [9.17, 15) is 9.59 Å². The minimum absolute atomic E-state index is 0.208. The van der Waals surface area contributed by atoms with Gasteiger partial charge in [-0.1, -0.05) is 30.3 Å². The Hall–Kier alpha value is -1.94. The smallest absolute Gasteiger partial charge is 0.257 e. The molecule has 0 spiro atoms. The maximum atomic E-state index is 12.3. The SMILES string of the molecule is CC(=O)/C(=C\c1ccccc1)C(=O)N1CCOCC1. The predicted molar refractivity (Wildman–Crippen MR) is 72.5 cm³/mol. The molecule has 1 aliphatic heterocycles. The highest BCUT2D eigenvalue weighted by molar-refractivity contribution is 6.21. The van der Waals surface area contributed by atoms with Crippen LogP contribution in [0.1, 0.15) is 12.5 Å². The van der Waals surface area contributed by atoms with Crippen LogP contribution in [0.2, 0.25) is 0 Å². The van der Waals surface area contributed by atoms with Crippen molar-refractivity contribution in [2.45, 2.75) is 6.92 Å².